The average molecular weight is 247 g/mol. The second-order valence-electron chi connectivity index (χ2n) is 2.58. The van der Waals surface area contributed by atoms with Crippen molar-refractivity contribution in [1.82, 2.24) is 5.43 Å². The zero-order valence-corrected chi connectivity index (χ0v) is 9.21. The summed E-state index contributed by atoms with van der Waals surface area (Å²) in [6.45, 7) is 5.82. The standard InChI is InChI=1S/C8H11BrN2S/c1-5(2)7(11-10)8-6(9)3-4-12-8/h3-4,7,11H,1,10H2,2H3. The lowest BCUT2D eigenvalue weighted by Crippen LogP contribution is -2.28. The fourth-order valence-corrected chi connectivity index (χ4v) is 2.71. The molecule has 0 bridgehead atoms. The first kappa shape index (κ1) is 9.92. The summed E-state index contributed by atoms with van der Waals surface area (Å²) in [5.74, 6) is 5.41. The summed E-state index contributed by atoms with van der Waals surface area (Å²) in [6, 6.07) is 2.06. The Morgan fingerprint density at radius 3 is 2.83 bits per heavy atom. The van der Waals surface area contributed by atoms with Gasteiger partial charge in [0.05, 0.1) is 6.04 Å². The minimum atomic E-state index is 0.0550. The molecule has 1 rings (SSSR count). The van der Waals surface area contributed by atoms with Gasteiger partial charge >= 0.3 is 0 Å². The highest BCUT2D eigenvalue weighted by Crippen LogP contribution is 2.31. The normalized spacial score (nSPS) is 12.9. The van der Waals surface area contributed by atoms with E-state index in [-0.39, 0.29) is 6.04 Å². The molecule has 0 radical (unpaired) electrons. The second kappa shape index (κ2) is 4.18. The van der Waals surface area contributed by atoms with Crippen LogP contribution in [0.15, 0.2) is 28.1 Å². The van der Waals surface area contributed by atoms with Gasteiger partial charge in [0.15, 0.2) is 0 Å². The maximum atomic E-state index is 5.41. The first-order chi connectivity index (χ1) is 5.66. The first-order valence-corrected chi connectivity index (χ1v) is 5.18. The molecule has 0 saturated heterocycles. The number of hydrogen-bond acceptors (Lipinski definition) is 3. The molecule has 3 N–H and O–H groups in total. The smallest absolute Gasteiger partial charge is 0.0768 e. The van der Waals surface area contributed by atoms with Crippen LogP contribution in [0.4, 0.5) is 0 Å². The van der Waals surface area contributed by atoms with Gasteiger partial charge in [0.25, 0.3) is 0 Å². The van der Waals surface area contributed by atoms with Gasteiger partial charge in [-0.1, -0.05) is 12.2 Å². The van der Waals surface area contributed by atoms with E-state index in [1.165, 1.54) is 4.88 Å². The molecule has 1 aromatic rings. The van der Waals surface area contributed by atoms with Crippen molar-refractivity contribution in [2.75, 3.05) is 0 Å². The van der Waals surface area contributed by atoms with Crippen LogP contribution in [0.2, 0.25) is 0 Å². The molecule has 12 heavy (non-hydrogen) atoms. The van der Waals surface area contributed by atoms with Gasteiger partial charge in [0.2, 0.25) is 0 Å². The van der Waals surface area contributed by atoms with Gasteiger partial charge in [-0.3, -0.25) is 5.84 Å². The summed E-state index contributed by atoms with van der Waals surface area (Å²) in [5.41, 5.74) is 3.74. The van der Waals surface area contributed by atoms with Gasteiger partial charge in [0.1, 0.15) is 0 Å². The fourth-order valence-electron chi connectivity index (χ4n) is 0.953. The van der Waals surface area contributed by atoms with Crippen molar-refractivity contribution >= 4 is 27.3 Å². The molecule has 1 unspecified atom stereocenters. The fraction of sp³-hybridized carbons (Fsp3) is 0.250. The number of rotatable bonds is 3. The Balaban J connectivity index is 2.94. The van der Waals surface area contributed by atoms with Gasteiger partial charge in [-0.2, -0.15) is 0 Å². The van der Waals surface area contributed by atoms with E-state index in [1.54, 1.807) is 11.3 Å². The molecule has 0 aromatic carbocycles. The van der Waals surface area contributed by atoms with Crippen molar-refractivity contribution in [3.05, 3.63) is 32.9 Å². The molecule has 4 heteroatoms. The lowest BCUT2D eigenvalue weighted by atomic mass is 10.1. The van der Waals surface area contributed by atoms with Crippen LogP contribution in [-0.2, 0) is 0 Å². The molecule has 0 fully saturated rings. The minimum absolute atomic E-state index is 0.0550. The van der Waals surface area contributed by atoms with Crippen LogP contribution in [0.3, 0.4) is 0 Å². The number of hydrazine groups is 1. The molecule has 0 aliphatic heterocycles. The molecule has 1 aromatic heterocycles. The quantitative estimate of drug-likeness (QED) is 0.489. The molecule has 0 amide bonds. The Labute approximate surface area is 84.6 Å². The minimum Gasteiger partial charge on any atom is -0.271 e. The van der Waals surface area contributed by atoms with Crippen molar-refractivity contribution in [2.24, 2.45) is 5.84 Å². The summed E-state index contributed by atoms with van der Waals surface area (Å²) >= 11 is 5.11. The van der Waals surface area contributed by atoms with Crippen molar-refractivity contribution in [3.63, 3.8) is 0 Å². The van der Waals surface area contributed by atoms with E-state index in [1.807, 2.05) is 18.4 Å². The predicted octanol–water partition coefficient (Wildman–Crippen LogP) is 2.59. The van der Waals surface area contributed by atoms with Crippen molar-refractivity contribution in [1.29, 1.82) is 0 Å². The van der Waals surface area contributed by atoms with Crippen molar-refractivity contribution < 1.29 is 0 Å². The van der Waals surface area contributed by atoms with E-state index in [9.17, 15) is 0 Å². The van der Waals surface area contributed by atoms with Gasteiger partial charge in [-0.15, -0.1) is 11.3 Å². The van der Waals surface area contributed by atoms with E-state index in [0.717, 1.165) is 10.0 Å². The van der Waals surface area contributed by atoms with Crippen LogP contribution in [0.25, 0.3) is 0 Å². The number of nitrogens with two attached hydrogens (primary N) is 1. The van der Waals surface area contributed by atoms with E-state index < -0.39 is 0 Å². The summed E-state index contributed by atoms with van der Waals surface area (Å²) < 4.78 is 1.08. The van der Waals surface area contributed by atoms with E-state index in [4.69, 9.17) is 5.84 Å². The number of thiophene rings is 1. The summed E-state index contributed by atoms with van der Waals surface area (Å²) in [7, 11) is 0. The van der Waals surface area contributed by atoms with Crippen LogP contribution in [-0.4, -0.2) is 0 Å². The highest BCUT2D eigenvalue weighted by molar-refractivity contribution is 9.10. The van der Waals surface area contributed by atoms with Gasteiger partial charge < -0.3 is 0 Å². The molecular formula is C8H11BrN2S. The summed E-state index contributed by atoms with van der Waals surface area (Å²) in [4.78, 5) is 1.17. The highest BCUT2D eigenvalue weighted by Gasteiger charge is 2.14. The maximum absolute atomic E-state index is 5.41. The molecular weight excluding hydrogens is 236 g/mol. The molecule has 66 valence electrons. The third-order valence-electron chi connectivity index (χ3n) is 1.57. The number of hydrogen-bond donors (Lipinski definition) is 2. The maximum Gasteiger partial charge on any atom is 0.0768 e. The number of halogens is 1. The van der Waals surface area contributed by atoms with E-state index in [0.29, 0.717) is 0 Å². The zero-order chi connectivity index (χ0) is 9.14. The average Bonchev–Trinajstić information content (AvgIpc) is 2.38. The third kappa shape index (κ3) is 1.95. The third-order valence-corrected chi connectivity index (χ3v) is 3.50. The molecule has 0 saturated carbocycles. The lowest BCUT2D eigenvalue weighted by molar-refractivity contribution is 0.635. The van der Waals surface area contributed by atoms with Crippen molar-refractivity contribution in [3.8, 4) is 0 Å². The Kier molecular flexibility index (Phi) is 3.46. The van der Waals surface area contributed by atoms with Crippen LogP contribution in [0.5, 0.6) is 0 Å². The Morgan fingerprint density at radius 2 is 2.50 bits per heavy atom. The van der Waals surface area contributed by atoms with Crippen LogP contribution in [0.1, 0.15) is 17.8 Å². The monoisotopic (exact) mass is 246 g/mol. The Bertz CT molecular complexity index is 282. The van der Waals surface area contributed by atoms with Crippen LogP contribution in [0, 0.1) is 0 Å². The van der Waals surface area contributed by atoms with E-state index >= 15 is 0 Å². The molecule has 1 atom stereocenters. The largest absolute Gasteiger partial charge is 0.271 e. The van der Waals surface area contributed by atoms with Gasteiger partial charge in [-0.05, 0) is 34.3 Å². The molecule has 2 nitrogen and oxygen atoms in total. The van der Waals surface area contributed by atoms with Gasteiger partial charge in [0, 0.05) is 9.35 Å². The molecule has 1 heterocycles. The van der Waals surface area contributed by atoms with E-state index in [2.05, 4.69) is 27.9 Å². The lowest BCUT2D eigenvalue weighted by Gasteiger charge is -2.14. The van der Waals surface area contributed by atoms with Crippen LogP contribution >= 0.6 is 27.3 Å². The molecule has 0 spiro atoms. The predicted molar refractivity (Wildman–Crippen MR) is 56.9 cm³/mol. The molecule has 0 aliphatic rings. The Morgan fingerprint density at radius 1 is 1.83 bits per heavy atom. The Hall–Kier alpha value is -0.160. The van der Waals surface area contributed by atoms with Crippen molar-refractivity contribution in [2.45, 2.75) is 13.0 Å². The summed E-state index contributed by atoms with van der Waals surface area (Å²) in [6.07, 6.45) is 0. The van der Waals surface area contributed by atoms with Crippen LogP contribution < -0.4 is 11.3 Å². The SMILES string of the molecule is C=C(C)C(NN)c1sccc1Br. The van der Waals surface area contributed by atoms with Gasteiger partial charge in [-0.25, -0.2) is 5.43 Å². The number of nitrogens with one attached hydrogen (secondary N) is 1. The zero-order valence-electron chi connectivity index (χ0n) is 6.80. The molecule has 0 aliphatic carbocycles. The first-order valence-electron chi connectivity index (χ1n) is 3.51. The second-order valence-corrected chi connectivity index (χ2v) is 4.38. The highest BCUT2D eigenvalue weighted by atomic mass is 79.9. The topological polar surface area (TPSA) is 38.0 Å². The summed E-state index contributed by atoms with van der Waals surface area (Å²) in [5, 5.41) is 2.02.